The van der Waals surface area contributed by atoms with Crippen LogP contribution in [0.4, 0.5) is 5.82 Å². The highest BCUT2D eigenvalue weighted by molar-refractivity contribution is 5.94. The Morgan fingerprint density at radius 3 is 2.79 bits per heavy atom. The molecule has 0 radical (unpaired) electrons. The lowest BCUT2D eigenvalue weighted by atomic mass is 10.2. The summed E-state index contributed by atoms with van der Waals surface area (Å²) in [5.74, 6) is 0.565. The maximum absolute atomic E-state index is 11.9. The second-order valence-corrected chi connectivity index (χ2v) is 3.95. The lowest BCUT2D eigenvalue weighted by molar-refractivity contribution is 0.0948. The third-order valence-corrected chi connectivity index (χ3v) is 2.45. The number of nitrogens with one attached hydrogen (secondary N) is 2. The van der Waals surface area contributed by atoms with E-state index in [4.69, 9.17) is 9.47 Å². The number of pyridine rings is 1. The number of rotatable bonds is 9. The van der Waals surface area contributed by atoms with E-state index in [2.05, 4.69) is 15.6 Å². The summed E-state index contributed by atoms with van der Waals surface area (Å²) in [4.78, 5) is 16.0. The van der Waals surface area contributed by atoms with Gasteiger partial charge >= 0.3 is 0 Å². The van der Waals surface area contributed by atoms with Crippen LogP contribution in [0, 0.1) is 0 Å². The topological polar surface area (TPSA) is 72.5 Å². The van der Waals surface area contributed by atoms with Gasteiger partial charge in [0.2, 0.25) is 0 Å². The van der Waals surface area contributed by atoms with Crippen molar-refractivity contribution in [3.8, 4) is 0 Å². The molecule has 6 heteroatoms. The molecule has 0 bridgehead atoms. The van der Waals surface area contributed by atoms with E-state index in [9.17, 15) is 4.79 Å². The molecule has 19 heavy (non-hydrogen) atoms. The number of amides is 1. The first kappa shape index (κ1) is 15.4. The first-order valence-corrected chi connectivity index (χ1v) is 6.24. The molecule has 0 aliphatic carbocycles. The zero-order chi connectivity index (χ0) is 13.9. The number of methoxy groups -OCH3 is 2. The van der Waals surface area contributed by atoms with Crippen molar-refractivity contribution in [2.75, 3.05) is 45.8 Å². The monoisotopic (exact) mass is 267 g/mol. The van der Waals surface area contributed by atoms with E-state index >= 15 is 0 Å². The summed E-state index contributed by atoms with van der Waals surface area (Å²) in [5.41, 5.74) is 0.590. The molecular weight excluding hydrogens is 246 g/mol. The average Bonchev–Trinajstić information content (AvgIpc) is 2.44. The molecule has 6 nitrogen and oxygen atoms in total. The zero-order valence-corrected chi connectivity index (χ0v) is 11.4. The molecule has 106 valence electrons. The Labute approximate surface area is 113 Å². The van der Waals surface area contributed by atoms with Crippen LogP contribution in [0.1, 0.15) is 16.8 Å². The van der Waals surface area contributed by atoms with Gasteiger partial charge in [0.05, 0.1) is 6.61 Å². The van der Waals surface area contributed by atoms with Crippen LogP contribution in [-0.4, -0.2) is 51.4 Å². The van der Waals surface area contributed by atoms with Crippen LogP contribution < -0.4 is 10.6 Å². The van der Waals surface area contributed by atoms with Gasteiger partial charge < -0.3 is 20.1 Å². The highest BCUT2D eigenvalue weighted by Crippen LogP contribution is 2.06. The predicted molar refractivity (Wildman–Crippen MR) is 73.4 cm³/mol. The van der Waals surface area contributed by atoms with Crippen molar-refractivity contribution >= 4 is 11.7 Å². The van der Waals surface area contributed by atoms with E-state index in [-0.39, 0.29) is 5.91 Å². The fourth-order valence-electron chi connectivity index (χ4n) is 1.47. The smallest absolute Gasteiger partial charge is 0.251 e. The Bertz CT molecular complexity index is 385. The Balaban J connectivity index is 2.43. The molecule has 1 heterocycles. The molecule has 0 aliphatic heterocycles. The fourth-order valence-corrected chi connectivity index (χ4v) is 1.47. The van der Waals surface area contributed by atoms with Crippen LogP contribution in [0.3, 0.4) is 0 Å². The van der Waals surface area contributed by atoms with Crippen molar-refractivity contribution in [1.82, 2.24) is 10.3 Å². The normalized spacial score (nSPS) is 10.2. The first-order chi connectivity index (χ1) is 9.27. The lowest BCUT2D eigenvalue weighted by Gasteiger charge is -2.07. The molecule has 0 atom stereocenters. The third kappa shape index (κ3) is 6.17. The quantitative estimate of drug-likeness (QED) is 0.651. The number of carbonyl (C=O) groups is 1. The minimum absolute atomic E-state index is 0.103. The van der Waals surface area contributed by atoms with Crippen LogP contribution in [-0.2, 0) is 9.47 Å². The summed E-state index contributed by atoms with van der Waals surface area (Å²) in [5, 5.41) is 5.91. The summed E-state index contributed by atoms with van der Waals surface area (Å²) in [6.07, 6.45) is 2.41. The third-order valence-electron chi connectivity index (χ3n) is 2.45. The van der Waals surface area contributed by atoms with Gasteiger partial charge in [-0.25, -0.2) is 4.98 Å². The minimum Gasteiger partial charge on any atom is -0.385 e. The van der Waals surface area contributed by atoms with Gasteiger partial charge in [-0.1, -0.05) is 0 Å². The summed E-state index contributed by atoms with van der Waals surface area (Å²) < 4.78 is 9.86. The van der Waals surface area contributed by atoms with E-state index in [1.807, 2.05) is 0 Å². The van der Waals surface area contributed by atoms with Gasteiger partial charge in [0.15, 0.2) is 0 Å². The number of anilines is 1. The van der Waals surface area contributed by atoms with Crippen LogP contribution in [0.25, 0.3) is 0 Å². The number of nitrogens with zero attached hydrogens (tertiary/aromatic N) is 1. The summed E-state index contributed by atoms with van der Waals surface area (Å²) in [7, 11) is 3.28. The second kappa shape index (κ2) is 9.29. The van der Waals surface area contributed by atoms with Crippen LogP contribution in [0.2, 0.25) is 0 Å². The maximum atomic E-state index is 11.9. The van der Waals surface area contributed by atoms with Gasteiger partial charge in [-0.3, -0.25) is 4.79 Å². The molecule has 0 saturated carbocycles. The summed E-state index contributed by atoms with van der Waals surface area (Å²) in [6, 6.07) is 3.41. The number of ether oxygens (including phenoxy) is 2. The standard InChI is InChI=1S/C13H21N3O3/c1-18-8-3-5-16-13(17)11-4-6-14-12(10-11)15-7-9-19-2/h4,6,10H,3,5,7-9H2,1-2H3,(H,14,15)(H,16,17). The van der Waals surface area contributed by atoms with Crippen molar-refractivity contribution in [1.29, 1.82) is 0 Å². The van der Waals surface area contributed by atoms with Gasteiger partial charge in [-0.05, 0) is 18.6 Å². The van der Waals surface area contributed by atoms with Crippen LogP contribution in [0.5, 0.6) is 0 Å². The van der Waals surface area contributed by atoms with Crippen molar-refractivity contribution in [2.45, 2.75) is 6.42 Å². The predicted octanol–water partition coefficient (Wildman–Crippen LogP) is 0.906. The van der Waals surface area contributed by atoms with Crippen molar-refractivity contribution in [2.24, 2.45) is 0 Å². The van der Waals surface area contributed by atoms with E-state index < -0.39 is 0 Å². The van der Waals surface area contributed by atoms with E-state index in [0.29, 0.717) is 37.7 Å². The Morgan fingerprint density at radius 1 is 1.26 bits per heavy atom. The molecule has 0 aromatic carbocycles. The Hall–Kier alpha value is -1.66. The number of carbonyl (C=O) groups excluding carboxylic acids is 1. The highest BCUT2D eigenvalue weighted by Gasteiger charge is 2.05. The largest absolute Gasteiger partial charge is 0.385 e. The lowest BCUT2D eigenvalue weighted by Crippen LogP contribution is -2.25. The minimum atomic E-state index is -0.103. The molecule has 1 aromatic heterocycles. The molecule has 0 unspecified atom stereocenters. The summed E-state index contributed by atoms with van der Waals surface area (Å²) >= 11 is 0. The molecule has 1 amide bonds. The SMILES string of the molecule is COCCCNC(=O)c1ccnc(NCCOC)c1. The molecular formula is C13H21N3O3. The molecule has 1 aromatic rings. The van der Waals surface area contributed by atoms with Crippen molar-refractivity contribution in [3.05, 3.63) is 23.9 Å². The molecule has 0 aliphatic rings. The van der Waals surface area contributed by atoms with Crippen LogP contribution >= 0.6 is 0 Å². The summed E-state index contributed by atoms with van der Waals surface area (Å²) in [6.45, 7) is 2.49. The Kier molecular flexibility index (Phi) is 7.53. The van der Waals surface area contributed by atoms with E-state index in [0.717, 1.165) is 6.42 Å². The number of hydrogen-bond acceptors (Lipinski definition) is 5. The van der Waals surface area contributed by atoms with Crippen molar-refractivity contribution < 1.29 is 14.3 Å². The Morgan fingerprint density at radius 2 is 2.05 bits per heavy atom. The van der Waals surface area contributed by atoms with Gasteiger partial charge in [-0.15, -0.1) is 0 Å². The molecule has 0 saturated heterocycles. The number of hydrogen-bond donors (Lipinski definition) is 2. The second-order valence-electron chi connectivity index (χ2n) is 3.95. The van der Waals surface area contributed by atoms with Gasteiger partial charge in [0.25, 0.3) is 5.91 Å². The van der Waals surface area contributed by atoms with E-state index in [1.165, 1.54) is 0 Å². The number of aromatic nitrogens is 1. The molecule has 1 rings (SSSR count). The highest BCUT2D eigenvalue weighted by atomic mass is 16.5. The average molecular weight is 267 g/mol. The molecule has 0 fully saturated rings. The van der Waals surface area contributed by atoms with Gasteiger partial charge in [0, 0.05) is 45.7 Å². The fraction of sp³-hybridized carbons (Fsp3) is 0.538. The molecule has 0 spiro atoms. The molecule has 2 N–H and O–H groups in total. The van der Waals surface area contributed by atoms with Gasteiger partial charge in [0.1, 0.15) is 5.82 Å². The van der Waals surface area contributed by atoms with Crippen molar-refractivity contribution in [3.63, 3.8) is 0 Å². The van der Waals surface area contributed by atoms with Crippen LogP contribution in [0.15, 0.2) is 18.3 Å². The van der Waals surface area contributed by atoms with E-state index in [1.54, 1.807) is 32.5 Å². The first-order valence-electron chi connectivity index (χ1n) is 6.24. The zero-order valence-electron chi connectivity index (χ0n) is 11.4. The van der Waals surface area contributed by atoms with Gasteiger partial charge in [-0.2, -0.15) is 0 Å². The maximum Gasteiger partial charge on any atom is 0.251 e.